The minimum absolute atomic E-state index is 0. The van der Waals surface area contributed by atoms with Gasteiger partial charge in [0.15, 0.2) is 0 Å². The first-order valence-electron chi connectivity index (χ1n) is 8.64. The molecule has 3 nitrogen and oxygen atoms in total. The van der Waals surface area contributed by atoms with Crippen molar-refractivity contribution in [3.63, 3.8) is 0 Å². The highest BCUT2D eigenvalue weighted by atomic mass is 35.5. The molecule has 130 valence electrons. The third-order valence-electron chi connectivity index (χ3n) is 5.08. The molecule has 1 aliphatic rings. The Kier molecular flexibility index (Phi) is 5.26. The fourth-order valence-electron chi connectivity index (χ4n) is 3.61. The number of fused-ring (bicyclic) bond motifs is 1. The van der Waals surface area contributed by atoms with Crippen LogP contribution in [0, 0.1) is 12.8 Å². The molecule has 4 heteroatoms. The van der Waals surface area contributed by atoms with Gasteiger partial charge < -0.3 is 10.6 Å². The quantitative estimate of drug-likeness (QED) is 0.762. The Morgan fingerprint density at radius 2 is 1.80 bits per heavy atom. The number of nitrogens with zero attached hydrogens (tertiary/aromatic N) is 2. The van der Waals surface area contributed by atoms with E-state index in [1.165, 1.54) is 16.5 Å². The lowest BCUT2D eigenvalue weighted by Gasteiger charge is -2.26. The zero-order valence-corrected chi connectivity index (χ0v) is 15.2. The van der Waals surface area contributed by atoms with Crippen molar-refractivity contribution in [1.29, 1.82) is 0 Å². The summed E-state index contributed by atoms with van der Waals surface area (Å²) in [6.07, 6.45) is 2.18. The number of aryl methyl sites for hydroxylation is 1. The van der Waals surface area contributed by atoms with Crippen LogP contribution in [0.2, 0.25) is 0 Å². The summed E-state index contributed by atoms with van der Waals surface area (Å²) in [7, 11) is 0. The number of aromatic nitrogens is 1. The number of benzene rings is 2. The molecule has 0 radical (unpaired) electrons. The third kappa shape index (κ3) is 3.63. The first-order chi connectivity index (χ1) is 11.7. The Bertz CT molecular complexity index is 847. The largest absolute Gasteiger partial charge is 0.341 e. The molecule has 0 saturated carbocycles. The molecule has 0 bridgehead atoms. The van der Waals surface area contributed by atoms with E-state index >= 15 is 0 Å². The molecule has 2 atom stereocenters. The van der Waals surface area contributed by atoms with E-state index in [1.807, 2.05) is 12.1 Å². The van der Waals surface area contributed by atoms with Crippen LogP contribution in [0.15, 0.2) is 60.7 Å². The molecule has 1 fully saturated rings. The summed E-state index contributed by atoms with van der Waals surface area (Å²) in [4.78, 5) is 7.06. The van der Waals surface area contributed by atoms with Gasteiger partial charge in [0, 0.05) is 11.9 Å². The molecule has 3 aromatic rings. The summed E-state index contributed by atoms with van der Waals surface area (Å²) in [5.41, 5.74) is 10.3. The molecule has 0 aliphatic carbocycles. The maximum absolute atomic E-state index is 6.56. The summed E-state index contributed by atoms with van der Waals surface area (Å²) < 4.78 is 0. The third-order valence-corrected chi connectivity index (χ3v) is 5.08. The van der Waals surface area contributed by atoms with E-state index in [0.29, 0.717) is 5.92 Å². The Morgan fingerprint density at radius 3 is 2.60 bits per heavy atom. The number of hydrogen-bond acceptors (Lipinski definition) is 3. The van der Waals surface area contributed by atoms with Crippen LogP contribution in [0.4, 0.5) is 5.82 Å². The SMILES string of the molecule is Cc1ccc(CC2CCN(c3ccc4ccccc4n3)C2N)cc1.Cl. The normalized spacial score (nSPS) is 19.8. The van der Waals surface area contributed by atoms with Crippen molar-refractivity contribution in [2.24, 2.45) is 11.7 Å². The van der Waals surface area contributed by atoms with Crippen LogP contribution < -0.4 is 10.6 Å². The highest BCUT2D eigenvalue weighted by molar-refractivity contribution is 5.85. The number of hydrogen-bond donors (Lipinski definition) is 1. The predicted molar refractivity (Wildman–Crippen MR) is 107 cm³/mol. The lowest BCUT2D eigenvalue weighted by atomic mass is 9.96. The van der Waals surface area contributed by atoms with Gasteiger partial charge in [0.1, 0.15) is 5.82 Å². The summed E-state index contributed by atoms with van der Waals surface area (Å²) in [5.74, 6) is 1.47. The fraction of sp³-hybridized carbons (Fsp3) is 0.286. The second-order valence-corrected chi connectivity index (χ2v) is 6.78. The molecule has 0 amide bonds. The number of para-hydroxylation sites is 1. The maximum atomic E-state index is 6.56. The maximum Gasteiger partial charge on any atom is 0.130 e. The van der Waals surface area contributed by atoms with Gasteiger partial charge in [0.25, 0.3) is 0 Å². The molecule has 25 heavy (non-hydrogen) atoms. The first kappa shape index (κ1) is 17.7. The number of anilines is 1. The molecule has 4 rings (SSSR count). The lowest BCUT2D eigenvalue weighted by Crippen LogP contribution is -2.41. The number of halogens is 1. The van der Waals surface area contributed by atoms with Crippen molar-refractivity contribution in [1.82, 2.24) is 4.98 Å². The van der Waals surface area contributed by atoms with Gasteiger partial charge in [-0.25, -0.2) is 4.98 Å². The zero-order valence-electron chi connectivity index (χ0n) is 14.4. The molecule has 1 aliphatic heterocycles. The molecule has 1 saturated heterocycles. The van der Waals surface area contributed by atoms with Crippen molar-refractivity contribution < 1.29 is 0 Å². The summed E-state index contributed by atoms with van der Waals surface area (Å²) in [6.45, 7) is 3.10. The van der Waals surface area contributed by atoms with E-state index in [9.17, 15) is 0 Å². The van der Waals surface area contributed by atoms with Gasteiger partial charge in [0.05, 0.1) is 11.7 Å². The van der Waals surface area contributed by atoms with E-state index in [1.54, 1.807) is 0 Å². The Hall–Kier alpha value is -2.10. The minimum Gasteiger partial charge on any atom is -0.341 e. The average Bonchev–Trinajstić information content (AvgIpc) is 2.97. The van der Waals surface area contributed by atoms with Crippen LogP contribution in [0.1, 0.15) is 17.5 Å². The molecule has 2 N–H and O–H groups in total. The van der Waals surface area contributed by atoms with E-state index in [2.05, 4.69) is 60.4 Å². The van der Waals surface area contributed by atoms with Crippen molar-refractivity contribution in [2.75, 3.05) is 11.4 Å². The van der Waals surface area contributed by atoms with Gasteiger partial charge in [0.2, 0.25) is 0 Å². The molecular weight excluding hydrogens is 330 g/mol. The molecule has 2 aromatic carbocycles. The second kappa shape index (κ2) is 7.42. The van der Waals surface area contributed by atoms with Gasteiger partial charge in [-0.3, -0.25) is 0 Å². The smallest absolute Gasteiger partial charge is 0.130 e. The molecular formula is C21H24ClN3. The van der Waals surface area contributed by atoms with E-state index in [4.69, 9.17) is 10.7 Å². The number of rotatable bonds is 3. The van der Waals surface area contributed by atoms with Crippen LogP contribution in [-0.2, 0) is 6.42 Å². The van der Waals surface area contributed by atoms with E-state index in [-0.39, 0.29) is 18.6 Å². The fourth-order valence-corrected chi connectivity index (χ4v) is 3.61. The summed E-state index contributed by atoms with van der Waals surface area (Å²) in [5, 5.41) is 1.17. The second-order valence-electron chi connectivity index (χ2n) is 6.78. The standard InChI is InChI=1S/C21H23N3.ClH/c1-15-6-8-16(9-7-15)14-18-12-13-24(21(18)22)20-11-10-17-4-2-3-5-19(17)23-20;/h2-11,18,21H,12-14,22H2,1H3;1H. The zero-order chi connectivity index (χ0) is 16.5. The van der Waals surface area contributed by atoms with Gasteiger partial charge >= 0.3 is 0 Å². The summed E-state index contributed by atoms with van der Waals surface area (Å²) in [6, 6.07) is 21.3. The van der Waals surface area contributed by atoms with Crippen LogP contribution >= 0.6 is 12.4 Å². The molecule has 1 aromatic heterocycles. The Morgan fingerprint density at radius 1 is 1.04 bits per heavy atom. The molecule has 2 heterocycles. The first-order valence-corrected chi connectivity index (χ1v) is 8.64. The van der Waals surface area contributed by atoms with Crippen molar-refractivity contribution >= 4 is 29.1 Å². The van der Waals surface area contributed by atoms with Crippen LogP contribution in [0.25, 0.3) is 10.9 Å². The van der Waals surface area contributed by atoms with Crippen LogP contribution in [0.3, 0.4) is 0 Å². The van der Waals surface area contributed by atoms with Crippen LogP contribution in [-0.4, -0.2) is 17.7 Å². The monoisotopic (exact) mass is 353 g/mol. The van der Waals surface area contributed by atoms with Crippen LogP contribution in [0.5, 0.6) is 0 Å². The van der Waals surface area contributed by atoms with Gasteiger partial charge in [-0.15, -0.1) is 12.4 Å². The van der Waals surface area contributed by atoms with Gasteiger partial charge in [-0.1, -0.05) is 48.0 Å². The van der Waals surface area contributed by atoms with E-state index < -0.39 is 0 Å². The average molecular weight is 354 g/mol. The summed E-state index contributed by atoms with van der Waals surface area (Å²) >= 11 is 0. The van der Waals surface area contributed by atoms with Crippen molar-refractivity contribution in [3.8, 4) is 0 Å². The van der Waals surface area contributed by atoms with Crippen molar-refractivity contribution in [3.05, 3.63) is 71.8 Å². The highest BCUT2D eigenvalue weighted by Gasteiger charge is 2.32. The molecule has 2 unspecified atom stereocenters. The topological polar surface area (TPSA) is 42.2 Å². The number of pyridine rings is 1. The van der Waals surface area contributed by atoms with Gasteiger partial charge in [-0.2, -0.15) is 0 Å². The lowest BCUT2D eigenvalue weighted by molar-refractivity contribution is 0.478. The Balaban J connectivity index is 0.00000182. The van der Waals surface area contributed by atoms with Crippen molar-refractivity contribution in [2.45, 2.75) is 25.9 Å². The van der Waals surface area contributed by atoms with E-state index in [0.717, 1.165) is 30.7 Å². The predicted octanol–water partition coefficient (Wildman–Crippen LogP) is 4.32. The highest BCUT2D eigenvalue weighted by Crippen LogP contribution is 2.29. The van der Waals surface area contributed by atoms with Gasteiger partial charge in [-0.05, 0) is 49.4 Å². The minimum atomic E-state index is 0. The number of nitrogens with two attached hydrogens (primary N) is 1. The molecule has 0 spiro atoms. The Labute approximate surface area is 155 Å².